The molecule has 1 aromatic carbocycles. The van der Waals surface area contributed by atoms with Gasteiger partial charge >= 0.3 is 13.6 Å². The van der Waals surface area contributed by atoms with Crippen LogP contribution in [0.15, 0.2) is 28.7 Å². The molecule has 1 unspecified atom stereocenters. The van der Waals surface area contributed by atoms with Crippen LogP contribution in [-0.2, 0) is 23.1 Å². The minimum absolute atomic E-state index is 0.0406. The van der Waals surface area contributed by atoms with E-state index in [2.05, 4.69) is 15.9 Å². The lowest BCUT2D eigenvalue weighted by Gasteiger charge is -2.24. The molecule has 128 valence electrons. The Morgan fingerprint density at radius 2 is 1.74 bits per heavy atom. The van der Waals surface area contributed by atoms with Gasteiger partial charge in [-0.15, -0.1) is 0 Å². The minimum atomic E-state index is -3.99. The lowest BCUT2D eigenvalue weighted by atomic mass is 10.1. The molecular formula is C15H20BrO6P. The normalized spacial score (nSPS) is 12.7. The number of carbonyl (C=O) groups is 2. The van der Waals surface area contributed by atoms with E-state index in [1.54, 1.807) is 32.9 Å². The zero-order valence-corrected chi connectivity index (χ0v) is 15.8. The molecule has 1 atom stereocenters. The average Bonchev–Trinajstić information content (AvgIpc) is 2.48. The Kier molecular flexibility index (Phi) is 8.12. The summed E-state index contributed by atoms with van der Waals surface area (Å²) in [5.74, 6) is -1.57. The second-order valence-electron chi connectivity index (χ2n) is 4.40. The van der Waals surface area contributed by atoms with Crippen LogP contribution in [0.3, 0.4) is 0 Å². The Balaban J connectivity index is 3.31. The Hall–Kier alpha value is -1.01. The Bertz CT molecular complexity index is 593. The van der Waals surface area contributed by atoms with Crippen LogP contribution >= 0.6 is 23.5 Å². The molecular weight excluding hydrogens is 387 g/mol. The number of ketones is 1. The number of benzene rings is 1. The first-order valence-corrected chi connectivity index (χ1v) is 9.65. The number of esters is 1. The SMILES string of the molecule is CCOC(=O)C(C(=O)c1cccc(Br)c1)P(=O)(OCC)OCC. The fraction of sp³-hybridized carbons (Fsp3) is 0.467. The lowest BCUT2D eigenvalue weighted by Crippen LogP contribution is -2.33. The van der Waals surface area contributed by atoms with E-state index in [1.165, 1.54) is 12.1 Å². The predicted molar refractivity (Wildman–Crippen MR) is 89.8 cm³/mol. The molecule has 8 heteroatoms. The van der Waals surface area contributed by atoms with Crippen molar-refractivity contribution in [3.8, 4) is 0 Å². The molecule has 0 aliphatic rings. The van der Waals surface area contributed by atoms with Crippen molar-refractivity contribution in [2.75, 3.05) is 19.8 Å². The molecule has 0 amide bonds. The third kappa shape index (κ3) is 5.24. The monoisotopic (exact) mass is 406 g/mol. The van der Waals surface area contributed by atoms with Gasteiger partial charge in [-0.3, -0.25) is 14.2 Å². The van der Waals surface area contributed by atoms with Gasteiger partial charge in [0, 0.05) is 10.0 Å². The molecule has 6 nitrogen and oxygen atoms in total. The molecule has 0 saturated heterocycles. The van der Waals surface area contributed by atoms with Crippen LogP contribution in [0, 0.1) is 0 Å². The van der Waals surface area contributed by atoms with Gasteiger partial charge in [0.1, 0.15) is 0 Å². The van der Waals surface area contributed by atoms with Gasteiger partial charge in [0.2, 0.25) is 5.66 Å². The second-order valence-corrected chi connectivity index (χ2v) is 7.43. The summed E-state index contributed by atoms with van der Waals surface area (Å²) < 4.78 is 28.9. The van der Waals surface area contributed by atoms with Crippen molar-refractivity contribution in [3.63, 3.8) is 0 Å². The fourth-order valence-corrected chi connectivity index (χ4v) is 4.21. The van der Waals surface area contributed by atoms with Gasteiger partial charge in [0.15, 0.2) is 5.78 Å². The minimum Gasteiger partial charge on any atom is -0.465 e. The summed E-state index contributed by atoms with van der Waals surface area (Å²) in [4.78, 5) is 25.0. The highest BCUT2D eigenvalue weighted by atomic mass is 79.9. The van der Waals surface area contributed by atoms with E-state index in [0.717, 1.165) is 0 Å². The molecule has 0 radical (unpaired) electrons. The van der Waals surface area contributed by atoms with Crippen molar-refractivity contribution in [2.45, 2.75) is 26.4 Å². The summed E-state index contributed by atoms with van der Waals surface area (Å²) in [7, 11) is -3.99. The van der Waals surface area contributed by atoms with E-state index in [1.807, 2.05) is 0 Å². The summed E-state index contributed by atoms with van der Waals surface area (Å²) in [6.45, 7) is 4.96. The summed E-state index contributed by atoms with van der Waals surface area (Å²) >= 11 is 3.26. The zero-order valence-electron chi connectivity index (χ0n) is 13.3. The molecule has 0 bridgehead atoms. The van der Waals surface area contributed by atoms with Crippen molar-refractivity contribution in [1.82, 2.24) is 0 Å². The summed E-state index contributed by atoms with van der Waals surface area (Å²) in [6.07, 6.45) is 0. The molecule has 0 heterocycles. The van der Waals surface area contributed by atoms with Crippen molar-refractivity contribution < 1.29 is 27.9 Å². The fourth-order valence-electron chi connectivity index (χ4n) is 1.95. The summed E-state index contributed by atoms with van der Waals surface area (Å²) in [6, 6.07) is 6.45. The van der Waals surface area contributed by atoms with Crippen LogP contribution in [0.5, 0.6) is 0 Å². The van der Waals surface area contributed by atoms with Gasteiger partial charge in [-0.25, -0.2) is 0 Å². The largest absolute Gasteiger partial charge is 0.465 e. The Morgan fingerprint density at radius 1 is 1.13 bits per heavy atom. The maximum atomic E-state index is 13.0. The van der Waals surface area contributed by atoms with E-state index >= 15 is 0 Å². The van der Waals surface area contributed by atoms with Crippen LogP contribution in [0.4, 0.5) is 0 Å². The summed E-state index contributed by atoms with van der Waals surface area (Å²) in [5.41, 5.74) is -1.42. The molecule has 0 saturated carbocycles. The molecule has 0 aliphatic carbocycles. The smallest absolute Gasteiger partial charge is 0.352 e. The third-order valence-electron chi connectivity index (χ3n) is 2.80. The first-order chi connectivity index (χ1) is 10.9. The highest BCUT2D eigenvalue weighted by Gasteiger charge is 2.48. The highest BCUT2D eigenvalue weighted by molar-refractivity contribution is 9.10. The van der Waals surface area contributed by atoms with Crippen LogP contribution < -0.4 is 0 Å². The molecule has 23 heavy (non-hydrogen) atoms. The van der Waals surface area contributed by atoms with Gasteiger partial charge in [0.25, 0.3) is 0 Å². The molecule has 1 aromatic rings. The number of hydrogen-bond donors (Lipinski definition) is 0. The maximum absolute atomic E-state index is 13.0. The number of halogens is 1. The molecule has 0 spiro atoms. The molecule has 1 rings (SSSR count). The molecule has 0 N–H and O–H groups in total. The lowest BCUT2D eigenvalue weighted by molar-refractivity contribution is -0.142. The zero-order chi connectivity index (χ0) is 17.5. The Labute approximate surface area is 144 Å². The first kappa shape index (κ1) is 20.0. The first-order valence-electron chi connectivity index (χ1n) is 7.24. The number of hydrogen-bond acceptors (Lipinski definition) is 6. The Morgan fingerprint density at radius 3 is 2.22 bits per heavy atom. The van der Waals surface area contributed by atoms with Gasteiger partial charge in [0.05, 0.1) is 19.8 Å². The van der Waals surface area contributed by atoms with Crippen LogP contribution in [-0.4, -0.2) is 37.2 Å². The number of ether oxygens (including phenoxy) is 1. The standard InChI is InChI=1S/C15H20BrO6P/c1-4-20-15(18)14(23(19,21-5-2)22-6-3)13(17)11-8-7-9-12(16)10-11/h7-10,14H,4-6H2,1-3H3. The summed E-state index contributed by atoms with van der Waals surface area (Å²) in [5, 5.41) is 0. The number of Topliss-reactive ketones (excluding diaryl/α,β-unsaturated/α-hetero) is 1. The highest BCUT2D eigenvalue weighted by Crippen LogP contribution is 2.54. The van der Waals surface area contributed by atoms with Crippen LogP contribution in [0.25, 0.3) is 0 Å². The van der Waals surface area contributed by atoms with Crippen molar-refractivity contribution >= 4 is 35.3 Å². The molecule has 0 aromatic heterocycles. The maximum Gasteiger partial charge on any atom is 0.352 e. The number of rotatable bonds is 9. The molecule has 0 aliphatic heterocycles. The van der Waals surface area contributed by atoms with Crippen LogP contribution in [0.1, 0.15) is 31.1 Å². The third-order valence-corrected chi connectivity index (χ3v) is 5.61. The van der Waals surface area contributed by atoms with Crippen molar-refractivity contribution in [3.05, 3.63) is 34.3 Å². The number of carbonyl (C=O) groups excluding carboxylic acids is 2. The van der Waals surface area contributed by atoms with Gasteiger partial charge in [-0.2, -0.15) is 0 Å². The second kappa shape index (κ2) is 9.33. The van der Waals surface area contributed by atoms with E-state index in [9.17, 15) is 14.2 Å². The average molecular weight is 407 g/mol. The van der Waals surface area contributed by atoms with E-state index in [-0.39, 0.29) is 25.4 Å². The van der Waals surface area contributed by atoms with E-state index in [0.29, 0.717) is 4.47 Å². The van der Waals surface area contributed by atoms with Crippen molar-refractivity contribution in [2.24, 2.45) is 0 Å². The van der Waals surface area contributed by atoms with Crippen molar-refractivity contribution in [1.29, 1.82) is 0 Å². The van der Waals surface area contributed by atoms with E-state index < -0.39 is 25.0 Å². The quantitative estimate of drug-likeness (QED) is 0.268. The molecule has 0 fully saturated rings. The van der Waals surface area contributed by atoms with Gasteiger partial charge in [-0.1, -0.05) is 28.1 Å². The van der Waals surface area contributed by atoms with E-state index in [4.69, 9.17) is 13.8 Å². The topological polar surface area (TPSA) is 78.9 Å². The predicted octanol–water partition coefficient (Wildman–Crippen LogP) is 3.83. The van der Waals surface area contributed by atoms with Crippen LogP contribution in [0.2, 0.25) is 0 Å². The van der Waals surface area contributed by atoms with Gasteiger partial charge in [-0.05, 0) is 32.9 Å². The van der Waals surface area contributed by atoms with Gasteiger partial charge < -0.3 is 13.8 Å².